The number of carbonyl (C=O) groups excluding carboxylic acids is 1. The van der Waals surface area contributed by atoms with Crippen molar-refractivity contribution >= 4 is 18.2 Å². The van der Waals surface area contributed by atoms with Gasteiger partial charge in [-0.15, -0.1) is 0 Å². The Morgan fingerprint density at radius 2 is 2.28 bits per heavy atom. The molecule has 2 aliphatic heterocycles. The first-order valence-corrected chi connectivity index (χ1v) is 8.25. The summed E-state index contributed by atoms with van der Waals surface area (Å²) >= 11 is 0. The third-order valence-electron chi connectivity index (χ3n) is 4.68. The minimum absolute atomic E-state index is 0.0191. The molecule has 1 unspecified atom stereocenters. The number of hydrogen-bond donors (Lipinski definition) is 3. The number of nitrogens with zero attached hydrogens (tertiary/aromatic N) is 3. The predicted octanol–water partition coefficient (Wildman–Crippen LogP) is -0.556. The van der Waals surface area contributed by atoms with E-state index in [4.69, 9.17) is 5.26 Å². The van der Waals surface area contributed by atoms with Gasteiger partial charge in [-0.1, -0.05) is 12.1 Å². The molecule has 25 heavy (non-hydrogen) atoms. The van der Waals surface area contributed by atoms with E-state index in [0.717, 1.165) is 28.0 Å². The van der Waals surface area contributed by atoms with Gasteiger partial charge < -0.3 is 15.5 Å². The summed E-state index contributed by atoms with van der Waals surface area (Å²) < 4.78 is 0. The molecule has 7 nitrogen and oxygen atoms in total. The lowest BCUT2D eigenvalue weighted by Crippen LogP contribution is -2.49. The van der Waals surface area contributed by atoms with Crippen LogP contribution in [0, 0.1) is 17.4 Å². The monoisotopic (exact) mass is 334 g/mol. The molecule has 0 aliphatic carbocycles. The van der Waals surface area contributed by atoms with Crippen LogP contribution in [0.1, 0.15) is 6.42 Å². The minimum atomic E-state index is -0.254. The van der Waals surface area contributed by atoms with Gasteiger partial charge in [0, 0.05) is 31.0 Å². The van der Waals surface area contributed by atoms with Crippen LogP contribution in [0.25, 0.3) is 23.4 Å². The number of nitrogens with one attached hydrogen (secondary N) is 3. The number of hydrogen-bond acceptors (Lipinski definition) is 5. The number of aromatic amines is 1. The zero-order valence-corrected chi connectivity index (χ0v) is 13.6. The fourth-order valence-corrected chi connectivity index (χ4v) is 3.27. The first-order valence-electron chi connectivity index (χ1n) is 8.25. The van der Waals surface area contributed by atoms with Gasteiger partial charge in [0.25, 0.3) is 0 Å². The van der Waals surface area contributed by atoms with E-state index in [2.05, 4.69) is 33.1 Å². The van der Waals surface area contributed by atoms with E-state index in [0.29, 0.717) is 13.1 Å². The van der Waals surface area contributed by atoms with E-state index < -0.39 is 0 Å². The summed E-state index contributed by atoms with van der Waals surface area (Å²) in [5, 5.41) is 24.1. The maximum absolute atomic E-state index is 12.4. The zero-order valence-electron chi connectivity index (χ0n) is 13.6. The molecular weight excluding hydrogens is 316 g/mol. The van der Waals surface area contributed by atoms with E-state index in [1.807, 2.05) is 30.6 Å². The predicted molar refractivity (Wildman–Crippen MR) is 92.6 cm³/mol. The molecule has 7 heteroatoms. The summed E-state index contributed by atoms with van der Waals surface area (Å²) in [6.07, 6.45) is 10.1. The lowest BCUT2D eigenvalue weighted by Gasteiger charge is -2.20. The van der Waals surface area contributed by atoms with E-state index in [9.17, 15) is 4.79 Å². The SMILES string of the molecule is N#CN1CC[C@H](C(=O)NC2C=c3cc(-c4cn[nH]c4)ccc3=CN2)C1. The van der Waals surface area contributed by atoms with E-state index in [-0.39, 0.29) is 18.0 Å². The average molecular weight is 334 g/mol. The lowest BCUT2D eigenvalue weighted by molar-refractivity contribution is -0.124. The van der Waals surface area contributed by atoms with Crippen molar-refractivity contribution in [1.29, 1.82) is 5.26 Å². The van der Waals surface area contributed by atoms with Crippen LogP contribution >= 0.6 is 0 Å². The van der Waals surface area contributed by atoms with Gasteiger partial charge in [-0.2, -0.15) is 10.4 Å². The topological polar surface area (TPSA) is 96.8 Å². The summed E-state index contributed by atoms with van der Waals surface area (Å²) in [6.45, 7) is 1.15. The number of amides is 1. The van der Waals surface area contributed by atoms with Crippen molar-refractivity contribution in [3.8, 4) is 17.3 Å². The van der Waals surface area contributed by atoms with Crippen molar-refractivity contribution in [1.82, 2.24) is 25.7 Å². The van der Waals surface area contributed by atoms with Gasteiger partial charge in [-0.3, -0.25) is 9.89 Å². The van der Waals surface area contributed by atoms with Crippen molar-refractivity contribution in [2.24, 2.45) is 5.92 Å². The second kappa shape index (κ2) is 6.32. The molecule has 4 rings (SSSR count). The number of nitriles is 1. The molecule has 3 heterocycles. The van der Waals surface area contributed by atoms with Crippen molar-refractivity contribution in [2.75, 3.05) is 13.1 Å². The van der Waals surface area contributed by atoms with Crippen molar-refractivity contribution in [3.63, 3.8) is 0 Å². The van der Waals surface area contributed by atoms with Gasteiger partial charge in [0.05, 0.1) is 12.1 Å². The molecule has 3 N–H and O–H groups in total. The quantitative estimate of drug-likeness (QED) is 0.654. The number of benzene rings is 1. The third kappa shape index (κ3) is 3.06. The van der Waals surface area contributed by atoms with Crippen LogP contribution in [0.5, 0.6) is 0 Å². The number of H-pyrrole nitrogens is 1. The maximum atomic E-state index is 12.4. The summed E-state index contributed by atoms with van der Waals surface area (Å²) in [6, 6.07) is 6.17. The first-order chi connectivity index (χ1) is 12.2. The average Bonchev–Trinajstić information content (AvgIpc) is 3.32. The molecule has 1 aromatic carbocycles. The number of fused-ring (bicyclic) bond motifs is 1. The van der Waals surface area contributed by atoms with Gasteiger partial charge in [0.2, 0.25) is 5.91 Å². The van der Waals surface area contributed by atoms with Crippen LogP contribution < -0.4 is 21.1 Å². The Morgan fingerprint density at radius 3 is 3.04 bits per heavy atom. The van der Waals surface area contributed by atoms with Crippen LogP contribution in [0.2, 0.25) is 0 Å². The first kappa shape index (κ1) is 15.3. The second-order valence-corrected chi connectivity index (χ2v) is 6.33. The number of carbonyl (C=O) groups is 1. The lowest BCUT2D eigenvalue weighted by atomic mass is 10.1. The van der Waals surface area contributed by atoms with E-state index in [1.165, 1.54) is 0 Å². The Labute approximate surface area is 144 Å². The number of likely N-dealkylation sites (tertiary alicyclic amines) is 1. The zero-order chi connectivity index (χ0) is 17.2. The van der Waals surface area contributed by atoms with E-state index >= 15 is 0 Å². The van der Waals surface area contributed by atoms with Crippen molar-refractivity contribution < 1.29 is 4.79 Å². The number of aromatic nitrogens is 2. The highest BCUT2D eigenvalue weighted by molar-refractivity contribution is 5.80. The summed E-state index contributed by atoms with van der Waals surface area (Å²) in [4.78, 5) is 14.0. The van der Waals surface area contributed by atoms with Crippen LogP contribution in [0.4, 0.5) is 0 Å². The molecule has 0 bridgehead atoms. The van der Waals surface area contributed by atoms with Crippen molar-refractivity contribution in [3.05, 3.63) is 41.0 Å². The second-order valence-electron chi connectivity index (χ2n) is 6.33. The molecular formula is C18H18N6O. The molecule has 2 atom stereocenters. The van der Waals surface area contributed by atoms with Gasteiger partial charge in [0.1, 0.15) is 6.17 Å². The molecule has 0 radical (unpaired) electrons. The van der Waals surface area contributed by atoms with Gasteiger partial charge in [-0.05, 0) is 34.6 Å². The summed E-state index contributed by atoms with van der Waals surface area (Å²) in [7, 11) is 0. The Balaban J connectivity index is 1.52. The third-order valence-corrected chi connectivity index (χ3v) is 4.68. The molecule has 1 saturated heterocycles. The maximum Gasteiger partial charge on any atom is 0.226 e. The summed E-state index contributed by atoms with van der Waals surface area (Å²) in [5.74, 6) is -0.150. The Morgan fingerprint density at radius 1 is 1.36 bits per heavy atom. The van der Waals surface area contributed by atoms with Crippen molar-refractivity contribution in [2.45, 2.75) is 12.6 Å². The standard InChI is InChI=1S/C18H18N6O/c19-11-24-4-3-14(10-24)18(25)23-17-6-15-5-12(16-8-21-22-9-16)1-2-13(15)7-20-17/h1-2,5-9,14,17,20H,3-4,10H2,(H,21,22)(H,23,25)/t14-,17?/m0/s1. The summed E-state index contributed by atoms with van der Waals surface area (Å²) in [5.41, 5.74) is 2.10. The molecule has 2 aliphatic rings. The Hall–Kier alpha value is -3.27. The molecule has 126 valence electrons. The van der Waals surface area contributed by atoms with E-state index in [1.54, 1.807) is 11.1 Å². The fraction of sp³-hybridized carbons (Fsp3) is 0.278. The normalized spacial score (nSPS) is 21.3. The largest absolute Gasteiger partial charge is 0.368 e. The van der Waals surface area contributed by atoms with Crippen LogP contribution in [0.3, 0.4) is 0 Å². The number of rotatable bonds is 3. The van der Waals surface area contributed by atoms with Crippen LogP contribution in [-0.4, -0.2) is 40.3 Å². The molecule has 0 saturated carbocycles. The molecule has 2 aromatic rings. The highest BCUT2D eigenvalue weighted by Crippen LogP contribution is 2.16. The van der Waals surface area contributed by atoms with Crippen LogP contribution in [0.15, 0.2) is 30.6 Å². The van der Waals surface area contributed by atoms with Gasteiger partial charge in [-0.25, -0.2) is 0 Å². The fourth-order valence-electron chi connectivity index (χ4n) is 3.27. The molecule has 1 fully saturated rings. The van der Waals surface area contributed by atoms with Gasteiger partial charge in [0.15, 0.2) is 6.19 Å². The Bertz CT molecular complexity index is 943. The smallest absolute Gasteiger partial charge is 0.226 e. The minimum Gasteiger partial charge on any atom is -0.368 e. The molecule has 1 aromatic heterocycles. The molecule has 1 amide bonds. The van der Waals surface area contributed by atoms with Gasteiger partial charge >= 0.3 is 0 Å². The van der Waals surface area contributed by atoms with Crippen LogP contribution in [-0.2, 0) is 4.79 Å². The Kier molecular flexibility index (Phi) is 3.86. The highest BCUT2D eigenvalue weighted by atomic mass is 16.2. The molecule has 0 spiro atoms. The highest BCUT2D eigenvalue weighted by Gasteiger charge is 2.28.